The van der Waals surface area contributed by atoms with Crippen LogP contribution in [-0.2, 0) is 14.3 Å². The van der Waals surface area contributed by atoms with Crippen LogP contribution >= 0.6 is 0 Å². The van der Waals surface area contributed by atoms with Crippen LogP contribution in [0.3, 0.4) is 0 Å². The minimum absolute atomic E-state index is 0.143. The summed E-state index contributed by atoms with van der Waals surface area (Å²) in [5.41, 5.74) is -0.196. The predicted octanol–water partition coefficient (Wildman–Crippen LogP) is 3.42. The zero-order valence-corrected chi connectivity index (χ0v) is 15.3. The molecule has 136 valence electrons. The molecule has 0 unspecified atom stereocenters. The number of nitrogens with one attached hydrogen (secondary N) is 1. The first-order valence-electron chi connectivity index (χ1n) is 8.59. The zero-order chi connectivity index (χ0) is 17.8. The van der Waals surface area contributed by atoms with Crippen molar-refractivity contribution in [3.63, 3.8) is 0 Å². The molecule has 0 saturated heterocycles. The van der Waals surface area contributed by atoms with Crippen LogP contribution in [0.1, 0.15) is 46.5 Å². The second-order valence-corrected chi connectivity index (χ2v) is 5.80. The summed E-state index contributed by atoms with van der Waals surface area (Å²) in [6.07, 6.45) is 5.44. The van der Waals surface area contributed by atoms with E-state index in [2.05, 4.69) is 17.2 Å². The Morgan fingerprint density at radius 3 is 2.62 bits per heavy atom. The van der Waals surface area contributed by atoms with Gasteiger partial charge in [-0.25, -0.2) is 4.98 Å². The van der Waals surface area contributed by atoms with Crippen molar-refractivity contribution < 1.29 is 19.0 Å². The fourth-order valence-corrected chi connectivity index (χ4v) is 2.31. The maximum atomic E-state index is 12.6. The number of hydrogen-bond acceptors (Lipinski definition) is 5. The van der Waals surface area contributed by atoms with Gasteiger partial charge in [0.2, 0.25) is 5.88 Å². The molecule has 6 heteroatoms. The Kier molecular flexibility index (Phi) is 9.34. The summed E-state index contributed by atoms with van der Waals surface area (Å²) in [5.74, 6) is 0.357. The standard InChI is InChI=1S/C18H30N2O4/c1-5-7-8-11-18(3,24-6-2)17(21)20-15-9-10-16(19-14-15)23-13-12-22-4/h9-10,14H,5-8,11-13H2,1-4H3,(H,20,21)/t18-/m0/s1. The molecule has 1 amide bonds. The lowest BCUT2D eigenvalue weighted by Crippen LogP contribution is -2.42. The van der Waals surface area contributed by atoms with Gasteiger partial charge in [-0.3, -0.25) is 4.79 Å². The van der Waals surface area contributed by atoms with E-state index in [0.29, 0.717) is 37.8 Å². The number of pyridine rings is 1. The van der Waals surface area contributed by atoms with Gasteiger partial charge in [-0.2, -0.15) is 0 Å². The van der Waals surface area contributed by atoms with Crippen molar-refractivity contribution in [2.24, 2.45) is 0 Å². The molecule has 24 heavy (non-hydrogen) atoms. The molecule has 1 N–H and O–H groups in total. The highest BCUT2D eigenvalue weighted by Crippen LogP contribution is 2.22. The molecule has 0 saturated carbocycles. The number of methoxy groups -OCH3 is 1. The van der Waals surface area contributed by atoms with Crippen LogP contribution in [0, 0.1) is 0 Å². The normalized spacial score (nSPS) is 13.3. The minimum atomic E-state index is -0.822. The number of nitrogens with zero attached hydrogens (tertiary/aromatic N) is 1. The van der Waals surface area contributed by atoms with Crippen LogP contribution in [0.25, 0.3) is 0 Å². The molecular formula is C18H30N2O4. The van der Waals surface area contributed by atoms with Crippen molar-refractivity contribution in [1.29, 1.82) is 0 Å². The third kappa shape index (κ3) is 6.84. The molecule has 1 rings (SSSR count). The van der Waals surface area contributed by atoms with Crippen molar-refractivity contribution >= 4 is 11.6 Å². The monoisotopic (exact) mass is 338 g/mol. The Morgan fingerprint density at radius 2 is 2.04 bits per heavy atom. The lowest BCUT2D eigenvalue weighted by molar-refractivity contribution is -0.139. The number of unbranched alkanes of at least 4 members (excludes halogenated alkanes) is 2. The Labute approximate surface area is 144 Å². The van der Waals surface area contributed by atoms with Gasteiger partial charge in [0.15, 0.2) is 0 Å². The smallest absolute Gasteiger partial charge is 0.256 e. The van der Waals surface area contributed by atoms with Crippen LogP contribution < -0.4 is 10.1 Å². The van der Waals surface area contributed by atoms with E-state index in [-0.39, 0.29) is 5.91 Å². The molecule has 0 aliphatic carbocycles. The van der Waals surface area contributed by atoms with E-state index >= 15 is 0 Å². The second-order valence-electron chi connectivity index (χ2n) is 5.80. The molecular weight excluding hydrogens is 308 g/mol. The molecule has 0 aromatic carbocycles. The van der Waals surface area contributed by atoms with Crippen molar-refractivity contribution in [2.75, 3.05) is 32.2 Å². The third-order valence-electron chi connectivity index (χ3n) is 3.73. The van der Waals surface area contributed by atoms with Gasteiger partial charge in [0, 0.05) is 19.8 Å². The van der Waals surface area contributed by atoms with Crippen LogP contribution in [-0.4, -0.2) is 43.4 Å². The number of aromatic nitrogens is 1. The zero-order valence-electron chi connectivity index (χ0n) is 15.3. The van der Waals surface area contributed by atoms with Crippen LogP contribution in [0.5, 0.6) is 5.88 Å². The molecule has 1 aromatic heterocycles. The molecule has 1 atom stereocenters. The Balaban J connectivity index is 2.62. The van der Waals surface area contributed by atoms with Gasteiger partial charge in [0.05, 0.1) is 18.5 Å². The van der Waals surface area contributed by atoms with E-state index in [1.165, 1.54) is 0 Å². The molecule has 0 spiro atoms. The molecule has 6 nitrogen and oxygen atoms in total. The average Bonchev–Trinajstić information content (AvgIpc) is 2.57. The topological polar surface area (TPSA) is 69.7 Å². The predicted molar refractivity (Wildman–Crippen MR) is 94.4 cm³/mol. The number of hydrogen-bond donors (Lipinski definition) is 1. The van der Waals surface area contributed by atoms with Crippen molar-refractivity contribution in [3.05, 3.63) is 18.3 Å². The molecule has 1 aromatic rings. The molecule has 0 radical (unpaired) electrons. The first-order chi connectivity index (χ1) is 11.6. The van der Waals surface area contributed by atoms with Gasteiger partial charge in [-0.1, -0.05) is 26.2 Å². The molecule has 0 fully saturated rings. The number of carbonyl (C=O) groups excluding carboxylic acids is 1. The van der Waals surface area contributed by atoms with Gasteiger partial charge >= 0.3 is 0 Å². The summed E-state index contributed by atoms with van der Waals surface area (Å²) in [5, 5.41) is 2.88. The third-order valence-corrected chi connectivity index (χ3v) is 3.73. The lowest BCUT2D eigenvalue weighted by Gasteiger charge is -2.28. The maximum absolute atomic E-state index is 12.6. The van der Waals surface area contributed by atoms with Crippen LogP contribution in [0.15, 0.2) is 18.3 Å². The van der Waals surface area contributed by atoms with Crippen LogP contribution in [0.4, 0.5) is 5.69 Å². The number of carbonyl (C=O) groups is 1. The Morgan fingerprint density at radius 1 is 1.25 bits per heavy atom. The number of rotatable bonds is 12. The Bertz CT molecular complexity index is 478. The summed E-state index contributed by atoms with van der Waals surface area (Å²) in [4.78, 5) is 16.8. The first-order valence-corrected chi connectivity index (χ1v) is 8.59. The van der Waals surface area contributed by atoms with E-state index in [9.17, 15) is 4.79 Å². The maximum Gasteiger partial charge on any atom is 0.256 e. The number of anilines is 1. The summed E-state index contributed by atoms with van der Waals surface area (Å²) < 4.78 is 16.0. The van der Waals surface area contributed by atoms with Gasteiger partial charge in [-0.15, -0.1) is 0 Å². The van der Waals surface area contributed by atoms with Gasteiger partial charge in [0.1, 0.15) is 12.2 Å². The second kappa shape index (κ2) is 11.0. The van der Waals surface area contributed by atoms with Gasteiger partial charge in [0.25, 0.3) is 5.91 Å². The molecule has 0 bridgehead atoms. The highest BCUT2D eigenvalue weighted by atomic mass is 16.5. The summed E-state index contributed by atoms with van der Waals surface area (Å²) in [7, 11) is 1.62. The fraction of sp³-hybridized carbons (Fsp3) is 0.667. The minimum Gasteiger partial charge on any atom is -0.475 e. The van der Waals surface area contributed by atoms with Crippen molar-refractivity contribution in [2.45, 2.75) is 52.1 Å². The summed E-state index contributed by atoms with van der Waals surface area (Å²) in [6, 6.07) is 3.49. The highest BCUT2D eigenvalue weighted by molar-refractivity contribution is 5.96. The average molecular weight is 338 g/mol. The first kappa shape index (κ1) is 20.4. The van der Waals surface area contributed by atoms with Crippen molar-refractivity contribution in [1.82, 2.24) is 4.98 Å². The largest absolute Gasteiger partial charge is 0.475 e. The molecule has 1 heterocycles. The van der Waals surface area contributed by atoms with Gasteiger partial charge < -0.3 is 19.5 Å². The highest BCUT2D eigenvalue weighted by Gasteiger charge is 2.33. The van der Waals surface area contributed by atoms with E-state index in [1.807, 2.05) is 13.8 Å². The Hall–Kier alpha value is -1.66. The fourth-order valence-electron chi connectivity index (χ4n) is 2.31. The summed E-state index contributed by atoms with van der Waals surface area (Å²) in [6.45, 7) is 7.33. The molecule has 0 aliphatic rings. The SMILES string of the molecule is CCCCC[C@](C)(OCC)C(=O)Nc1ccc(OCCOC)nc1. The molecule has 0 aliphatic heterocycles. The van der Waals surface area contributed by atoms with E-state index in [0.717, 1.165) is 19.3 Å². The van der Waals surface area contributed by atoms with E-state index in [4.69, 9.17) is 14.2 Å². The summed E-state index contributed by atoms with van der Waals surface area (Å²) >= 11 is 0. The number of ether oxygens (including phenoxy) is 3. The quantitative estimate of drug-likeness (QED) is 0.591. The van der Waals surface area contributed by atoms with E-state index < -0.39 is 5.60 Å². The van der Waals surface area contributed by atoms with Crippen LogP contribution in [0.2, 0.25) is 0 Å². The van der Waals surface area contributed by atoms with E-state index in [1.54, 1.807) is 25.4 Å². The number of amides is 1. The lowest BCUT2D eigenvalue weighted by atomic mass is 9.96. The van der Waals surface area contributed by atoms with Gasteiger partial charge in [-0.05, 0) is 26.3 Å². The van der Waals surface area contributed by atoms with Crippen molar-refractivity contribution in [3.8, 4) is 5.88 Å².